The average Bonchev–Trinajstić information content (AvgIpc) is 2.69. The molecule has 1 aromatic heterocycles. The van der Waals surface area contributed by atoms with Crippen molar-refractivity contribution in [3.05, 3.63) is 36.0 Å². The molecule has 0 spiro atoms. The summed E-state index contributed by atoms with van der Waals surface area (Å²) in [7, 11) is 2.27. The van der Waals surface area contributed by atoms with Crippen LogP contribution in [0.4, 0.5) is 5.69 Å². The molecule has 2 aliphatic heterocycles. The molecule has 0 saturated carbocycles. The number of aromatic nitrogens is 1. The highest BCUT2D eigenvalue weighted by Gasteiger charge is 2.25. The second kappa shape index (κ2) is 7.61. The molecular formula is C21H27N5. The number of fused-ring (bicyclic) bond motifs is 1. The van der Waals surface area contributed by atoms with Gasteiger partial charge in [0.2, 0.25) is 0 Å². The summed E-state index contributed by atoms with van der Waals surface area (Å²) in [5.41, 5.74) is 2.57. The Labute approximate surface area is 155 Å². The molecule has 2 aliphatic rings. The fraction of sp³-hybridized carbons (Fsp3) is 0.524. The van der Waals surface area contributed by atoms with E-state index in [2.05, 4.69) is 44.9 Å². The number of nitriles is 1. The van der Waals surface area contributed by atoms with Crippen LogP contribution in [0.3, 0.4) is 0 Å². The Morgan fingerprint density at radius 1 is 1.12 bits per heavy atom. The Bertz CT molecular complexity index is 804. The highest BCUT2D eigenvalue weighted by molar-refractivity contribution is 5.92. The lowest BCUT2D eigenvalue weighted by atomic mass is 10.0. The van der Waals surface area contributed by atoms with Crippen LogP contribution < -0.4 is 4.90 Å². The third-order valence-electron chi connectivity index (χ3n) is 5.91. The Hall–Kier alpha value is -2.16. The topological polar surface area (TPSA) is 46.4 Å². The van der Waals surface area contributed by atoms with Crippen molar-refractivity contribution in [3.63, 3.8) is 0 Å². The summed E-state index contributed by atoms with van der Waals surface area (Å²) in [5, 5.41) is 10.5. The number of piperazine rings is 1. The van der Waals surface area contributed by atoms with Gasteiger partial charge < -0.3 is 9.80 Å². The number of likely N-dealkylation sites (tertiary alicyclic amines) is 1. The quantitative estimate of drug-likeness (QED) is 0.853. The van der Waals surface area contributed by atoms with Gasteiger partial charge in [-0.05, 0) is 38.6 Å². The molecule has 136 valence electrons. The smallest absolute Gasteiger partial charge is 0.143 e. The zero-order valence-corrected chi connectivity index (χ0v) is 15.6. The Morgan fingerprint density at radius 2 is 1.92 bits per heavy atom. The van der Waals surface area contributed by atoms with E-state index in [1.165, 1.54) is 32.4 Å². The van der Waals surface area contributed by atoms with Crippen molar-refractivity contribution in [1.82, 2.24) is 14.8 Å². The molecule has 1 atom stereocenters. The first-order valence-electron chi connectivity index (χ1n) is 9.72. The van der Waals surface area contributed by atoms with Crippen molar-refractivity contribution in [3.8, 4) is 6.07 Å². The highest BCUT2D eigenvalue weighted by atomic mass is 15.3. The summed E-state index contributed by atoms with van der Waals surface area (Å²) >= 11 is 0. The molecule has 2 fully saturated rings. The van der Waals surface area contributed by atoms with Gasteiger partial charge in [0.15, 0.2) is 0 Å². The van der Waals surface area contributed by atoms with Gasteiger partial charge in [-0.15, -0.1) is 0 Å². The van der Waals surface area contributed by atoms with Crippen LogP contribution in [-0.2, 0) is 0 Å². The average molecular weight is 349 g/mol. The monoisotopic (exact) mass is 349 g/mol. The summed E-state index contributed by atoms with van der Waals surface area (Å²) in [6.45, 7) is 6.62. The minimum atomic E-state index is 0.505. The number of para-hydroxylation sites is 1. The number of piperidine rings is 1. The minimum Gasteiger partial charge on any atom is -0.368 e. The predicted octanol–water partition coefficient (Wildman–Crippen LogP) is 2.71. The molecule has 1 unspecified atom stereocenters. The predicted molar refractivity (Wildman–Crippen MR) is 105 cm³/mol. The molecule has 1 aromatic carbocycles. The van der Waals surface area contributed by atoms with Crippen LogP contribution in [-0.4, -0.2) is 67.1 Å². The van der Waals surface area contributed by atoms with Crippen LogP contribution in [0.2, 0.25) is 0 Å². The Kier molecular flexibility index (Phi) is 5.05. The van der Waals surface area contributed by atoms with Crippen molar-refractivity contribution in [2.45, 2.75) is 25.3 Å². The molecule has 2 aromatic rings. The number of hydrogen-bond acceptors (Lipinski definition) is 5. The van der Waals surface area contributed by atoms with Crippen LogP contribution in [0.5, 0.6) is 0 Å². The van der Waals surface area contributed by atoms with Gasteiger partial charge in [-0.2, -0.15) is 5.26 Å². The van der Waals surface area contributed by atoms with Crippen LogP contribution >= 0.6 is 0 Å². The van der Waals surface area contributed by atoms with Gasteiger partial charge >= 0.3 is 0 Å². The number of hydrogen-bond donors (Lipinski definition) is 0. The fourth-order valence-electron chi connectivity index (χ4n) is 4.32. The van der Waals surface area contributed by atoms with E-state index in [0.29, 0.717) is 11.7 Å². The summed E-state index contributed by atoms with van der Waals surface area (Å²) in [6.07, 6.45) is 4.04. The number of nitrogens with zero attached hydrogens (tertiary/aromatic N) is 5. The third-order valence-corrected chi connectivity index (χ3v) is 5.91. The van der Waals surface area contributed by atoms with Gasteiger partial charge in [-0.3, -0.25) is 4.90 Å². The molecular weight excluding hydrogens is 322 g/mol. The standard InChI is InChI=1S/C21H27N5/c1-24-9-5-4-6-18(24)16-25-10-12-26(13-11-25)21-14-17(15-22)23-20-8-3-2-7-19(20)21/h2-3,7-8,14,18H,4-6,9-13,16H2,1H3. The molecule has 4 rings (SSSR count). The van der Waals surface area contributed by atoms with Gasteiger partial charge in [-0.25, -0.2) is 4.98 Å². The molecule has 3 heterocycles. The molecule has 0 amide bonds. The first-order valence-corrected chi connectivity index (χ1v) is 9.72. The van der Waals surface area contributed by atoms with E-state index in [-0.39, 0.29) is 0 Å². The van der Waals surface area contributed by atoms with Gasteiger partial charge in [0, 0.05) is 49.8 Å². The maximum atomic E-state index is 9.33. The lowest BCUT2D eigenvalue weighted by Gasteiger charge is -2.41. The first kappa shape index (κ1) is 17.3. The molecule has 0 aliphatic carbocycles. The molecule has 5 nitrogen and oxygen atoms in total. The van der Waals surface area contributed by atoms with Gasteiger partial charge in [0.1, 0.15) is 11.8 Å². The Balaban J connectivity index is 1.46. The second-order valence-corrected chi connectivity index (χ2v) is 7.57. The molecule has 5 heteroatoms. The Morgan fingerprint density at radius 3 is 2.69 bits per heavy atom. The van der Waals surface area contributed by atoms with Crippen molar-refractivity contribution in [1.29, 1.82) is 5.26 Å². The maximum absolute atomic E-state index is 9.33. The van der Waals surface area contributed by atoms with Gasteiger partial charge in [0.05, 0.1) is 5.52 Å². The number of anilines is 1. The fourth-order valence-corrected chi connectivity index (χ4v) is 4.32. The zero-order valence-electron chi connectivity index (χ0n) is 15.6. The number of pyridine rings is 1. The largest absolute Gasteiger partial charge is 0.368 e. The number of likely N-dealkylation sites (N-methyl/N-ethyl adjacent to an activating group) is 1. The van der Waals surface area contributed by atoms with E-state index in [9.17, 15) is 5.26 Å². The van der Waals surface area contributed by atoms with E-state index < -0.39 is 0 Å². The van der Waals surface area contributed by atoms with Crippen LogP contribution in [0.1, 0.15) is 25.0 Å². The molecule has 0 radical (unpaired) electrons. The van der Waals surface area contributed by atoms with Crippen LogP contribution in [0, 0.1) is 11.3 Å². The van der Waals surface area contributed by atoms with Crippen LogP contribution in [0.25, 0.3) is 10.9 Å². The van der Waals surface area contributed by atoms with Crippen molar-refractivity contribution >= 4 is 16.6 Å². The van der Waals surface area contributed by atoms with Gasteiger partial charge in [0.25, 0.3) is 0 Å². The van der Waals surface area contributed by atoms with Crippen molar-refractivity contribution in [2.75, 3.05) is 51.2 Å². The normalized spacial score (nSPS) is 22.5. The number of benzene rings is 1. The SMILES string of the molecule is CN1CCCCC1CN1CCN(c2cc(C#N)nc3ccccc23)CC1. The van der Waals surface area contributed by atoms with E-state index in [4.69, 9.17) is 0 Å². The maximum Gasteiger partial charge on any atom is 0.143 e. The lowest BCUT2D eigenvalue weighted by molar-refractivity contribution is 0.125. The van der Waals surface area contributed by atoms with E-state index in [0.717, 1.165) is 42.8 Å². The molecule has 26 heavy (non-hydrogen) atoms. The summed E-state index contributed by atoms with van der Waals surface area (Å²) in [4.78, 5) is 12.0. The van der Waals surface area contributed by atoms with E-state index in [1.807, 2.05) is 18.2 Å². The van der Waals surface area contributed by atoms with Crippen LogP contribution in [0.15, 0.2) is 30.3 Å². The minimum absolute atomic E-state index is 0.505. The lowest BCUT2D eigenvalue weighted by Crippen LogP contribution is -2.52. The summed E-state index contributed by atoms with van der Waals surface area (Å²) in [5.74, 6) is 0. The first-order chi connectivity index (χ1) is 12.7. The van der Waals surface area contributed by atoms with E-state index in [1.54, 1.807) is 0 Å². The molecule has 2 saturated heterocycles. The molecule has 0 N–H and O–H groups in total. The molecule has 0 bridgehead atoms. The third kappa shape index (κ3) is 3.53. The van der Waals surface area contributed by atoms with Gasteiger partial charge in [-0.1, -0.05) is 24.6 Å². The summed E-state index contributed by atoms with van der Waals surface area (Å²) in [6, 6.07) is 13.0. The summed E-state index contributed by atoms with van der Waals surface area (Å²) < 4.78 is 0. The highest BCUT2D eigenvalue weighted by Crippen LogP contribution is 2.28. The number of rotatable bonds is 3. The van der Waals surface area contributed by atoms with E-state index >= 15 is 0 Å². The second-order valence-electron chi connectivity index (χ2n) is 7.57. The van der Waals surface area contributed by atoms with Crippen molar-refractivity contribution < 1.29 is 0 Å². The zero-order chi connectivity index (χ0) is 17.9. The van der Waals surface area contributed by atoms with Crippen molar-refractivity contribution in [2.24, 2.45) is 0 Å².